The summed E-state index contributed by atoms with van der Waals surface area (Å²) in [4.78, 5) is 30.5. The smallest absolute Gasteiger partial charge is 0.493 e. The highest BCUT2D eigenvalue weighted by molar-refractivity contribution is 7.89. The number of hydrogen-bond acceptors (Lipinski definition) is 7. The fraction of sp³-hybridized carbons (Fsp3) is 0.500. The van der Waals surface area contributed by atoms with Gasteiger partial charge in [0.1, 0.15) is 11.6 Å². The summed E-state index contributed by atoms with van der Waals surface area (Å²) in [6, 6.07) is 7.44. The monoisotopic (exact) mass is 668 g/mol. The van der Waals surface area contributed by atoms with E-state index in [0.29, 0.717) is 40.8 Å². The zero-order valence-electron chi connectivity index (χ0n) is 23.1. The van der Waals surface area contributed by atoms with E-state index < -0.39 is 49.7 Å². The van der Waals surface area contributed by atoms with Crippen LogP contribution in [-0.2, 0) is 26.2 Å². The van der Waals surface area contributed by atoms with Gasteiger partial charge in [0.15, 0.2) is 0 Å². The first-order chi connectivity index (χ1) is 20.2. The number of rotatable bonds is 10. The molecule has 1 saturated heterocycles. The fourth-order valence-electron chi connectivity index (χ4n) is 4.87. The minimum Gasteiger partial charge on any atom is -0.493 e. The van der Waals surface area contributed by atoms with Crippen molar-refractivity contribution in [3.63, 3.8) is 0 Å². The van der Waals surface area contributed by atoms with Gasteiger partial charge < -0.3 is 9.57 Å². The summed E-state index contributed by atoms with van der Waals surface area (Å²) in [6.07, 6.45) is -1.64. The number of benzene rings is 2. The third-order valence-electron chi connectivity index (χ3n) is 7.35. The molecule has 0 bridgehead atoms. The Labute approximate surface area is 256 Å². The molecule has 0 unspecified atom stereocenters. The molecule has 1 aliphatic carbocycles. The Kier molecular flexibility index (Phi) is 10.5. The second kappa shape index (κ2) is 13.6. The normalized spacial score (nSPS) is 16.6. The molecular formula is C28H30Cl2F4N2O6S. The number of likely N-dealkylation sites (tertiary alicyclic amines) is 1. The molecule has 1 saturated carbocycles. The minimum atomic E-state index is -5.58. The molecule has 4 rings (SSSR count). The molecule has 2 aliphatic rings. The van der Waals surface area contributed by atoms with Crippen LogP contribution in [0.1, 0.15) is 66.4 Å². The third kappa shape index (κ3) is 8.74. The molecule has 43 heavy (non-hydrogen) atoms. The molecule has 1 aliphatic heterocycles. The molecule has 1 heterocycles. The number of alkyl halides is 3. The summed E-state index contributed by atoms with van der Waals surface area (Å²) in [6.45, 7) is 3.75. The van der Waals surface area contributed by atoms with Crippen LogP contribution >= 0.6 is 23.2 Å². The number of ether oxygens (including phenoxy) is 1. The summed E-state index contributed by atoms with van der Waals surface area (Å²) in [5.74, 6) is -6.35. The van der Waals surface area contributed by atoms with E-state index in [4.69, 9.17) is 27.9 Å². The van der Waals surface area contributed by atoms with E-state index in [-0.39, 0.29) is 18.3 Å². The summed E-state index contributed by atoms with van der Waals surface area (Å²) in [5, 5.41) is 1.17. The number of halogens is 6. The maximum absolute atomic E-state index is 15.1. The van der Waals surface area contributed by atoms with E-state index >= 15 is 4.39 Å². The zero-order valence-corrected chi connectivity index (χ0v) is 25.5. The maximum Gasteiger partial charge on any atom is 0.493 e. The van der Waals surface area contributed by atoms with E-state index in [1.54, 1.807) is 6.07 Å². The van der Waals surface area contributed by atoms with Crippen molar-refractivity contribution in [1.82, 2.24) is 9.37 Å². The second-order valence-corrected chi connectivity index (χ2v) is 13.5. The van der Waals surface area contributed by atoms with Gasteiger partial charge in [-0.05, 0) is 99.3 Å². The number of hydrogen-bond donors (Lipinski definition) is 0. The molecular weight excluding hydrogens is 639 g/mol. The Bertz CT molecular complexity index is 1440. The van der Waals surface area contributed by atoms with Crippen molar-refractivity contribution in [1.29, 1.82) is 0 Å². The fourth-order valence-corrected chi connectivity index (χ4v) is 6.21. The van der Waals surface area contributed by atoms with Crippen LogP contribution < -0.4 is 4.74 Å². The molecule has 1 amide bonds. The minimum absolute atomic E-state index is 0.0978. The highest BCUT2D eigenvalue weighted by Gasteiger charge is 2.46. The Morgan fingerprint density at radius 1 is 1.02 bits per heavy atom. The first-order valence-corrected chi connectivity index (χ1v) is 16.0. The van der Waals surface area contributed by atoms with Crippen LogP contribution in [-0.4, -0.2) is 61.3 Å². The van der Waals surface area contributed by atoms with Crippen molar-refractivity contribution >= 4 is 45.1 Å². The first kappa shape index (κ1) is 33.3. The van der Waals surface area contributed by atoms with Crippen LogP contribution in [0.4, 0.5) is 17.6 Å². The van der Waals surface area contributed by atoms with E-state index in [1.165, 1.54) is 0 Å². The van der Waals surface area contributed by atoms with Gasteiger partial charge in [0, 0.05) is 22.7 Å². The lowest BCUT2D eigenvalue weighted by atomic mass is 9.93. The maximum atomic E-state index is 15.1. The molecule has 0 atom stereocenters. The number of piperidine rings is 1. The quantitative estimate of drug-likeness (QED) is 0.211. The van der Waals surface area contributed by atoms with Crippen LogP contribution in [0.25, 0.3) is 0 Å². The molecule has 2 fully saturated rings. The van der Waals surface area contributed by atoms with Gasteiger partial charge in [-0.2, -0.15) is 13.2 Å². The number of carbonyl (C=O) groups excluding carboxylic acids is 2. The summed E-state index contributed by atoms with van der Waals surface area (Å²) < 4.78 is 83.2. The van der Waals surface area contributed by atoms with Crippen LogP contribution in [0, 0.1) is 11.7 Å². The molecule has 0 N–H and O–H groups in total. The summed E-state index contributed by atoms with van der Waals surface area (Å²) >= 11 is 12.2. The van der Waals surface area contributed by atoms with Crippen LogP contribution in [0.3, 0.4) is 0 Å². The molecule has 2 aromatic rings. The van der Waals surface area contributed by atoms with Crippen LogP contribution in [0.2, 0.25) is 10.0 Å². The van der Waals surface area contributed by atoms with Gasteiger partial charge in [-0.3, -0.25) is 9.69 Å². The molecule has 2 aromatic carbocycles. The van der Waals surface area contributed by atoms with Gasteiger partial charge in [-0.1, -0.05) is 27.7 Å². The van der Waals surface area contributed by atoms with Crippen LogP contribution in [0.15, 0.2) is 30.3 Å². The average molecular weight is 670 g/mol. The zero-order chi connectivity index (χ0) is 31.5. The van der Waals surface area contributed by atoms with E-state index in [9.17, 15) is 31.2 Å². The van der Waals surface area contributed by atoms with E-state index in [2.05, 4.69) is 9.74 Å². The third-order valence-corrected chi connectivity index (χ3v) is 9.26. The predicted molar refractivity (Wildman–Crippen MR) is 151 cm³/mol. The lowest BCUT2D eigenvalue weighted by Gasteiger charge is -2.32. The highest BCUT2D eigenvalue weighted by atomic mass is 35.5. The molecule has 15 heteroatoms. The van der Waals surface area contributed by atoms with Gasteiger partial charge in [-0.15, -0.1) is 0 Å². The number of hydroxylamine groups is 1. The number of sulfonamides is 1. The SMILES string of the molecule is CCS(=O)(=O)N(OC(=O)C(F)(F)F)C(=O)c1cc(C2CC2)c(OCCC2CCN(Cc3cc(Cl)cc(Cl)c3)CC2)cc1F. The highest BCUT2D eigenvalue weighted by Crippen LogP contribution is 2.45. The van der Waals surface area contributed by atoms with Gasteiger partial charge in [0.2, 0.25) is 0 Å². The summed E-state index contributed by atoms with van der Waals surface area (Å²) in [7, 11) is -4.83. The Hall–Kier alpha value is -2.61. The van der Waals surface area contributed by atoms with E-state index in [1.807, 2.05) is 12.1 Å². The number of nitrogens with zero attached hydrogens (tertiary/aromatic N) is 2. The molecule has 8 nitrogen and oxygen atoms in total. The van der Waals surface area contributed by atoms with Crippen molar-refractivity contribution < 1.29 is 45.1 Å². The topological polar surface area (TPSA) is 93.2 Å². The second-order valence-electron chi connectivity index (χ2n) is 10.6. The lowest BCUT2D eigenvalue weighted by Crippen LogP contribution is -2.43. The molecule has 0 spiro atoms. The average Bonchev–Trinajstić information content (AvgIpc) is 3.76. The van der Waals surface area contributed by atoms with Gasteiger partial charge in [0.25, 0.3) is 10.0 Å². The van der Waals surface area contributed by atoms with Crippen LogP contribution in [0.5, 0.6) is 5.75 Å². The largest absolute Gasteiger partial charge is 0.493 e. The standard InChI is InChI=1S/C28H30Cl2F4N2O6S/c1-2-43(39,40)36(42-27(38)28(32,33)34)26(37)23-14-22(19-3-4-19)25(15-24(23)31)41-10-7-17-5-8-35(9-6-17)16-18-11-20(29)13-21(30)12-18/h11-15,17,19H,2-10,16H2,1H3. The Morgan fingerprint density at radius 2 is 1.65 bits per heavy atom. The van der Waals surface area contributed by atoms with Gasteiger partial charge in [0.05, 0.1) is 17.9 Å². The first-order valence-electron chi connectivity index (χ1n) is 13.7. The van der Waals surface area contributed by atoms with Gasteiger partial charge in [-0.25, -0.2) is 17.6 Å². The molecule has 0 radical (unpaired) electrons. The molecule has 0 aromatic heterocycles. The van der Waals surface area contributed by atoms with E-state index in [0.717, 1.165) is 57.1 Å². The number of carbonyl (C=O) groups is 2. The van der Waals surface area contributed by atoms with Crippen molar-refractivity contribution in [2.45, 2.75) is 57.7 Å². The Morgan fingerprint density at radius 3 is 2.21 bits per heavy atom. The van der Waals surface area contributed by atoms with Crippen molar-refractivity contribution in [2.24, 2.45) is 5.92 Å². The summed E-state index contributed by atoms with van der Waals surface area (Å²) in [5.41, 5.74) is 0.607. The van der Waals surface area contributed by atoms with Crippen molar-refractivity contribution in [2.75, 3.05) is 25.4 Å². The lowest BCUT2D eigenvalue weighted by molar-refractivity contribution is -0.216. The van der Waals surface area contributed by atoms with Gasteiger partial charge >= 0.3 is 18.1 Å². The molecule has 236 valence electrons. The van der Waals surface area contributed by atoms with Crippen molar-refractivity contribution in [3.05, 3.63) is 62.9 Å². The Balaban J connectivity index is 1.39. The van der Waals surface area contributed by atoms with Crippen molar-refractivity contribution in [3.8, 4) is 5.75 Å². The number of amides is 1. The predicted octanol–water partition coefficient (Wildman–Crippen LogP) is 6.50.